The Morgan fingerprint density at radius 1 is 1.12 bits per heavy atom. The van der Waals surface area contributed by atoms with Gasteiger partial charge in [-0.2, -0.15) is 5.10 Å². The summed E-state index contributed by atoms with van der Waals surface area (Å²) in [5.41, 5.74) is 5.22. The number of aromatic nitrogens is 4. The zero-order valence-corrected chi connectivity index (χ0v) is 24.4. The van der Waals surface area contributed by atoms with Crippen LogP contribution in [0.3, 0.4) is 0 Å². The van der Waals surface area contributed by atoms with Crippen molar-refractivity contribution < 1.29 is 14.7 Å². The van der Waals surface area contributed by atoms with Crippen LogP contribution in [0.5, 0.6) is 5.75 Å². The van der Waals surface area contributed by atoms with Crippen LogP contribution in [0.4, 0.5) is 11.4 Å². The molecule has 1 aromatic heterocycles. The van der Waals surface area contributed by atoms with Crippen LogP contribution < -0.4 is 10.3 Å². The standard InChI is InChI=1S/C28H30Cl2N8O3/c1-15-20(14-37(2)3)27(40)38(18-10-11-21(29)22(30)13-18)28(41)24(15)32-31-23-9-5-8-19(25(23)39)16-6-4-7-17(12-16)26-33-35-36-34-26/h5,8-11,13,16-17,31,39H,4,6-7,12,14H2,1-3H3,(H,33,34,35,36). The van der Waals surface area contributed by atoms with Crippen molar-refractivity contribution in [3.8, 4) is 5.75 Å². The van der Waals surface area contributed by atoms with Crippen LogP contribution in [0.1, 0.15) is 55.8 Å². The number of halogens is 2. The Bertz CT molecular complexity index is 1540. The molecule has 2 atom stereocenters. The van der Waals surface area contributed by atoms with Gasteiger partial charge in [-0.05, 0) is 92.0 Å². The van der Waals surface area contributed by atoms with Gasteiger partial charge in [-0.15, -0.1) is 5.10 Å². The Labute approximate surface area is 247 Å². The minimum Gasteiger partial charge on any atom is -0.505 e. The molecule has 1 fully saturated rings. The maximum atomic E-state index is 13.7. The fourth-order valence-corrected chi connectivity index (χ4v) is 5.74. The number of phenolic OH excluding ortho intramolecular Hbond substituents is 1. The SMILES string of the molecule is CC1=C(CN(C)C)C(=O)N(c2ccc(Cl)c(Cl)c2)C(=O)C1=NNc1cccc(C2CCCC(c3nnn[nH]3)C2)c1O. The Morgan fingerprint density at radius 3 is 2.61 bits per heavy atom. The van der Waals surface area contributed by atoms with E-state index in [1.165, 1.54) is 12.1 Å². The molecule has 1 aliphatic carbocycles. The molecular formula is C28H30Cl2N8O3. The van der Waals surface area contributed by atoms with Gasteiger partial charge >= 0.3 is 0 Å². The van der Waals surface area contributed by atoms with E-state index in [0.717, 1.165) is 42.0 Å². The molecule has 5 rings (SSSR count). The van der Waals surface area contributed by atoms with Crippen molar-refractivity contribution in [3.63, 3.8) is 0 Å². The van der Waals surface area contributed by atoms with Crippen LogP contribution in [-0.2, 0) is 9.59 Å². The molecule has 41 heavy (non-hydrogen) atoms. The first-order valence-electron chi connectivity index (χ1n) is 13.2. The van der Waals surface area contributed by atoms with E-state index in [-0.39, 0.29) is 34.0 Å². The van der Waals surface area contributed by atoms with Gasteiger partial charge in [-0.25, -0.2) is 10.00 Å². The van der Waals surface area contributed by atoms with E-state index in [4.69, 9.17) is 23.2 Å². The van der Waals surface area contributed by atoms with E-state index >= 15 is 0 Å². The Morgan fingerprint density at radius 2 is 1.90 bits per heavy atom. The largest absolute Gasteiger partial charge is 0.505 e. The number of anilines is 2. The number of hydrogen-bond donors (Lipinski definition) is 3. The van der Waals surface area contributed by atoms with E-state index in [1.54, 1.807) is 19.1 Å². The first-order valence-corrected chi connectivity index (χ1v) is 14.0. The van der Waals surface area contributed by atoms with E-state index < -0.39 is 11.8 Å². The monoisotopic (exact) mass is 596 g/mol. The summed E-state index contributed by atoms with van der Waals surface area (Å²) in [6.07, 6.45) is 3.65. The molecule has 3 aromatic rings. The van der Waals surface area contributed by atoms with Crippen molar-refractivity contribution in [1.29, 1.82) is 0 Å². The van der Waals surface area contributed by atoms with Crippen LogP contribution in [0.25, 0.3) is 0 Å². The number of phenols is 1. The number of imide groups is 1. The smallest absolute Gasteiger partial charge is 0.286 e. The molecule has 1 saturated carbocycles. The summed E-state index contributed by atoms with van der Waals surface area (Å²) in [5, 5.41) is 30.5. The quantitative estimate of drug-likeness (QED) is 0.199. The third-order valence-electron chi connectivity index (χ3n) is 7.53. The molecule has 2 heterocycles. The normalized spacial score (nSPS) is 20.8. The summed E-state index contributed by atoms with van der Waals surface area (Å²) >= 11 is 12.3. The fraction of sp³-hybridized carbons (Fsp3) is 0.357. The van der Waals surface area contributed by atoms with Crippen molar-refractivity contribution in [2.45, 2.75) is 44.4 Å². The van der Waals surface area contributed by atoms with E-state index in [9.17, 15) is 14.7 Å². The lowest BCUT2D eigenvalue weighted by Crippen LogP contribution is -2.49. The number of hydrogen-bond acceptors (Lipinski definition) is 9. The summed E-state index contributed by atoms with van der Waals surface area (Å²) in [7, 11) is 3.67. The van der Waals surface area contributed by atoms with Crippen LogP contribution in [0.15, 0.2) is 52.6 Å². The molecule has 2 amide bonds. The number of benzene rings is 2. The molecule has 2 unspecified atom stereocenters. The van der Waals surface area contributed by atoms with Gasteiger partial charge in [0.25, 0.3) is 11.8 Å². The maximum Gasteiger partial charge on any atom is 0.286 e. The van der Waals surface area contributed by atoms with Crippen LogP contribution >= 0.6 is 23.2 Å². The molecule has 2 aromatic carbocycles. The second-order valence-electron chi connectivity index (χ2n) is 10.5. The third-order valence-corrected chi connectivity index (χ3v) is 8.27. The van der Waals surface area contributed by atoms with Gasteiger partial charge in [0.05, 0.1) is 21.4 Å². The van der Waals surface area contributed by atoms with Crippen LogP contribution in [-0.4, -0.2) is 68.8 Å². The number of H-pyrrole nitrogens is 1. The number of amides is 2. The van der Waals surface area contributed by atoms with Gasteiger partial charge in [0, 0.05) is 18.0 Å². The molecule has 11 nitrogen and oxygen atoms in total. The molecule has 13 heteroatoms. The number of tetrazole rings is 1. The summed E-state index contributed by atoms with van der Waals surface area (Å²) in [5.74, 6) is 0.00871. The van der Waals surface area contributed by atoms with Crippen LogP contribution in [0, 0.1) is 0 Å². The predicted molar refractivity (Wildman–Crippen MR) is 158 cm³/mol. The molecule has 3 N–H and O–H groups in total. The lowest BCUT2D eigenvalue weighted by molar-refractivity contribution is -0.121. The van der Waals surface area contributed by atoms with E-state index in [2.05, 4.69) is 31.2 Å². The topological polar surface area (TPSA) is 140 Å². The van der Waals surface area contributed by atoms with Crippen molar-refractivity contribution in [3.05, 3.63) is 69.0 Å². The number of rotatable bonds is 7. The predicted octanol–water partition coefficient (Wildman–Crippen LogP) is 4.87. The third kappa shape index (κ3) is 5.83. The maximum absolute atomic E-state index is 13.7. The highest BCUT2D eigenvalue weighted by Gasteiger charge is 2.38. The highest BCUT2D eigenvalue weighted by molar-refractivity contribution is 6.57. The molecule has 0 bridgehead atoms. The number of para-hydroxylation sites is 1. The highest BCUT2D eigenvalue weighted by Crippen LogP contribution is 2.44. The van der Waals surface area contributed by atoms with Crippen molar-refractivity contribution in [2.75, 3.05) is 31.0 Å². The second kappa shape index (κ2) is 12.0. The summed E-state index contributed by atoms with van der Waals surface area (Å²) in [6.45, 7) is 1.98. The summed E-state index contributed by atoms with van der Waals surface area (Å²) in [6, 6.07) is 10.00. The number of hydrazone groups is 1. The van der Waals surface area contributed by atoms with Gasteiger partial charge in [0.1, 0.15) is 5.75 Å². The van der Waals surface area contributed by atoms with E-state index in [0.29, 0.717) is 28.4 Å². The fourth-order valence-electron chi connectivity index (χ4n) is 5.45. The minimum absolute atomic E-state index is 0.0490. The zero-order valence-electron chi connectivity index (χ0n) is 22.9. The van der Waals surface area contributed by atoms with Crippen LogP contribution in [0.2, 0.25) is 10.0 Å². The summed E-state index contributed by atoms with van der Waals surface area (Å²) in [4.78, 5) is 30.1. The average Bonchev–Trinajstić information content (AvgIpc) is 3.49. The number of carbonyl (C=O) groups excluding carboxylic acids is 2. The van der Waals surface area contributed by atoms with Gasteiger partial charge in [-0.3, -0.25) is 15.0 Å². The van der Waals surface area contributed by atoms with Gasteiger partial charge in [0.15, 0.2) is 11.5 Å². The Balaban J connectivity index is 1.46. The number of aromatic hydroxyl groups is 1. The molecule has 0 saturated heterocycles. The zero-order chi connectivity index (χ0) is 29.3. The van der Waals surface area contributed by atoms with Crippen molar-refractivity contribution >= 4 is 52.1 Å². The number of carbonyl (C=O) groups is 2. The number of nitrogens with zero attached hydrogens (tertiary/aromatic N) is 6. The number of aromatic amines is 1. The number of likely N-dealkylation sites (N-methyl/N-ethyl adjacent to an activating group) is 1. The lowest BCUT2D eigenvalue weighted by Gasteiger charge is -2.30. The highest BCUT2D eigenvalue weighted by atomic mass is 35.5. The minimum atomic E-state index is -0.618. The van der Waals surface area contributed by atoms with Crippen molar-refractivity contribution in [2.24, 2.45) is 5.10 Å². The molecular weight excluding hydrogens is 567 g/mol. The second-order valence-corrected chi connectivity index (χ2v) is 11.4. The first kappa shape index (κ1) is 28.7. The number of nitrogens with one attached hydrogen (secondary N) is 2. The molecule has 214 valence electrons. The van der Waals surface area contributed by atoms with Crippen molar-refractivity contribution in [1.82, 2.24) is 25.5 Å². The average molecular weight is 598 g/mol. The first-order chi connectivity index (χ1) is 19.7. The molecule has 2 aliphatic rings. The van der Waals surface area contributed by atoms with Gasteiger partial charge < -0.3 is 10.0 Å². The van der Waals surface area contributed by atoms with E-state index in [1.807, 2.05) is 31.1 Å². The van der Waals surface area contributed by atoms with Gasteiger partial charge in [-0.1, -0.05) is 41.8 Å². The lowest BCUT2D eigenvalue weighted by atomic mass is 9.77. The molecule has 1 aliphatic heterocycles. The molecule has 0 radical (unpaired) electrons. The molecule has 0 spiro atoms. The Kier molecular flexibility index (Phi) is 8.39. The summed E-state index contributed by atoms with van der Waals surface area (Å²) < 4.78 is 0. The Hall–Kier alpha value is -3.80. The van der Waals surface area contributed by atoms with Gasteiger partial charge in [0.2, 0.25) is 0 Å².